The van der Waals surface area contributed by atoms with Crippen LogP contribution in [0.25, 0.3) is 32.0 Å². The summed E-state index contributed by atoms with van der Waals surface area (Å²) in [5.74, 6) is -0.707. The van der Waals surface area contributed by atoms with E-state index in [2.05, 4.69) is 24.5 Å². The molecule has 0 saturated heterocycles. The fourth-order valence-corrected chi connectivity index (χ4v) is 7.11. The Labute approximate surface area is 264 Å². The summed E-state index contributed by atoms with van der Waals surface area (Å²) in [4.78, 5) is 2.60. The van der Waals surface area contributed by atoms with Gasteiger partial charge in [-0.2, -0.15) is 0 Å². The van der Waals surface area contributed by atoms with Crippen molar-refractivity contribution in [3.05, 3.63) is 93.4 Å². The number of anilines is 2. The van der Waals surface area contributed by atoms with Crippen molar-refractivity contribution in [3.63, 3.8) is 0 Å². The average Bonchev–Trinajstić information content (AvgIpc) is 3.67. The third-order valence-electron chi connectivity index (χ3n) is 7.80. The molecule has 0 saturated carbocycles. The largest absolute Gasteiger partial charge is 0.396 e. The summed E-state index contributed by atoms with van der Waals surface area (Å²) in [6.07, 6.45) is 1.84. The van der Waals surface area contributed by atoms with Crippen LogP contribution in [-0.4, -0.2) is 23.5 Å². The lowest BCUT2D eigenvalue weighted by Crippen LogP contribution is -2.28. The molecule has 44 heavy (non-hydrogen) atoms. The maximum atomic E-state index is 15.1. The Kier molecular flexibility index (Phi) is 9.03. The molecule has 1 aliphatic rings. The summed E-state index contributed by atoms with van der Waals surface area (Å²) in [6, 6.07) is 17.7. The van der Waals surface area contributed by atoms with Gasteiger partial charge in [-0.3, -0.25) is 10.8 Å². The number of nitrogens with two attached hydrogens (primary N) is 2. The first kappa shape index (κ1) is 31.2. The molecule has 0 aliphatic heterocycles. The van der Waals surface area contributed by atoms with Crippen molar-refractivity contribution in [2.24, 2.45) is 11.5 Å². The molecule has 1 aliphatic carbocycles. The maximum absolute atomic E-state index is 15.1. The molecule has 2 heterocycles. The van der Waals surface area contributed by atoms with Gasteiger partial charge in [0.1, 0.15) is 11.6 Å². The molecule has 4 aromatic rings. The fraction of sp³-hybridized carbons (Fsp3) is 0.235. The van der Waals surface area contributed by atoms with E-state index in [1.165, 1.54) is 34.8 Å². The minimum absolute atomic E-state index is 0.00271. The zero-order chi connectivity index (χ0) is 31.7. The minimum atomic E-state index is -0.354. The predicted octanol–water partition coefficient (Wildman–Crippen LogP) is 8.94. The molecule has 10 heteroatoms. The first-order chi connectivity index (χ1) is 21.0. The summed E-state index contributed by atoms with van der Waals surface area (Å²) in [5.41, 5.74) is 16.2. The van der Waals surface area contributed by atoms with E-state index in [-0.39, 0.29) is 46.5 Å². The number of nitrogens with one attached hydrogen (secondary N) is 4. The third-order valence-corrected chi connectivity index (χ3v) is 10.1. The number of allylic oxidation sites excluding steroid dienone is 2. The van der Waals surface area contributed by atoms with Crippen LogP contribution >= 0.6 is 22.7 Å². The lowest BCUT2D eigenvalue weighted by molar-refractivity contribution is 0.631. The molecule has 0 radical (unpaired) electrons. The van der Waals surface area contributed by atoms with Crippen molar-refractivity contribution in [2.45, 2.75) is 52.6 Å². The Morgan fingerprint density at radius 2 is 1.00 bits per heavy atom. The van der Waals surface area contributed by atoms with Gasteiger partial charge < -0.3 is 22.1 Å². The van der Waals surface area contributed by atoms with Gasteiger partial charge in [0.05, 0.1) is 22.8 Å². The number of halogens is 2. The van der Waals surface area contributed by atoms with Crippen LogP contribution in [0.1, 0.15) is 50.3 Å². The summed E-state index contributed by atoms with van der Waals surface area (Å²) in [7, 11) is 0. The van der Waals surface area contributed by atoms with E-state index in [4.69, 9.17) is 22.3 Å². The fourth-order valence-electron chi connectivity index (χ4n) is 4.92. The van der Waals surface area contributed by atoms with Crippen LogP contribution in [-0.2, 0) is 0 Å². The molecule has 2 aromatic carbocycles. The van der Waals surface area contributed by atoms with Gasteiger partial charge in [-0.1, -0.05) is 13.8 Å². The quantitative estimate of drug-likeness (QED) is 0.0979. The third kappa shape index (κ3) is 6.05. The van der Waals surface area contributed by atoms with Gasteiger partial charge in [-0.05, 0) is 87.4 Å². The van der Waals surface area contributed by atoms with E-state index in [9.17, 15) is 0 Å². The summed E-state index contributed by atoms with van der Waals surface area (Å²) < 4.78 is 30.2. The van der Waals surface area contributed by atoms with Gasteiger partial charge in [-0.15, -0.1) is 22.7 Å². The summed E-state index contributed by atoms with van der Waals surface area (Å²) in [6.45, 7) is 8.21. The highest BCUT2D eigenvalue weighted by Crippen LogP contribution is 2.41. The Hall–Kier alpha value is -4.28. The molecule has 8 N–H and O–H groups in total. The van der Waals surface area contributed by atoms with Crippen molar-refractivity contribution in [2.75, 3.05) is 10.6 Å². The molecule has 0 amide bonds. The standard InChI is InChI=1S/C34H36F2N6S2/c1-5-17(3)41-19-7-9-21(23(35)15-19)25-11-13-27(43-25)29-31(37)33(39)30(34(40)32(29)38)28-14-12-26(44-28)22-10-8-20(16-24(22)36)42-18(4)6-2/h7-18,37,40-42H,5-6,38-39H2,1-4H3. The number of rotatable bonds is 10. The predicted molar refractivity (Wildman–Crippen MR) is 184 cm³/mol. The molecule has 228 valence electrons. The molecule has 0 spiro atoms. The second kappa shape index (κ2) is 12.8. The molecule has 2 atom stereocenters. The second-order valence-electron chi connectivity index (χ2n) is 11.0. The monoisotopic (exact) mass is 630 g/mol. The lowest BCUT2D eigenvalue weighted by Gasteiger charge is -2.22. The van der Waals surface area contributed by atoms with E-state index >= 15 is 8.78 Å². The Balaban J connectivity index is 1.41. The van der Waals surface area contributed by atoms with Crippen LogP contribution in [0.2, 0.25) is 0 Å². The molecular formula is C34H36F2N6S2. The minimum Gasteiger partial charge on any atom is -0.396 e. The number of hydrogen-bond donors (Lipinski definition) is 6. The van der Waals surface area contributed by atoms with Crippen molar-refractivity contribution in [1.82, 2.24) is 0 Å². The van der Waals surface area contributed by atoms with Crippen molar-refractivity contribution < 1.29 is 8.78 Å². The van der Waals surface area contributed by atoms with E-state index < -0.39 is 0 Å². The molecule has 2 unspecified atom stereocenters. The summed E-state index contributed by atoms with van der Waals surface area (Å²) >= 11 is 2.58. The normalized spacial score (nSPS) is 15.1. The Bertz CT molecular complexity index is 1680. The molecular weight excluding hydrogens is 595 g/mol. The zero-order valence-corrected chi connectivity index (χ0v) is 26.7. The van der Waals surface area contributed by atoms with Gasteiger partial charge >= 0.3 is 0 Å². The maximum Gasteiger partial charge on any atom is 0.133 e. The van der Waals surface area contributed by atoms with Gasteiger partial charge in [0.15, 0.2) is 0 Å². The number of benzene rings is 2. The van der Waals surface area contributed by atoms with Crippen LogP contribution in [0.15, 0.2) is 72.1 Å². The van der Waals surface area contributed by atoms with Crippen molar-refractivity contribution in [1.29, 1.82) is 10.8 Å². The van der Waals surface area contributed by atoms with Crippen molar-refractivity contribution in [3.8, 4) is 20.9 Å². The highest BCUT2D eigenvalue weighted by atomic mass is 32.1. The lowest BCUT2D eigenvalue weighted by atomic mass is 9.88. The van der Waals surface area contributed by atoms with Crippen molar-refractivity contribution >= 4 is 56.6 Å². The Morgan fingerprint density at radius 1 is 0.636 bits per heavy atom. The Morgan fingerprint density at radius 3 is 1.34 bits per heavy atom. The van der Waals surface area contributed by atoms with Crippen LogP contribution in [0.4, 0.5) is 20.2 Å². The van der Waals surface area contributed by atoms with Crippen LogP contribution in [0, 0.1) is 22.5 Å². The molecule has 2 aromatic heterocycles. The topological polar surface area (TPSA) is 124 Å². The molecule has 6 nitrogen and oxygen atoms in total. The number of thiophene rings is 2. The molecule has 5 rings (SSSR count). The highest BCUT2D eigenvalue weighted by Gasteiger charge is 2.31. The van der Waals surface area contributed by atoms with E-state index in [1.54, 1.807) is 36.4 Å². The number of hydrogen-bond acceptors (Lipinski definition) is 8. The van der Waals surface area contributed by atoms with Gasteiger partial charge in [0.2, 0.25) is 0 Å². The first-order valence-electron chi connectivity index (χ1n) is 14.5. The van der Waals surface area contributed by atoms with Crippen LogP contribution in [0.5, 0.6) is 0 Å². The van der Waals surface area contributed by atoms with Gasteiger partial charge in [0, 0.05) is 65.2 Å². The van der Waals surface area contributed by atoms with E-state index in [0.717, 1.165) is 12.8 Å². The van der Waals surface area contributed by atoms with Gasteiger partial charge in [0.25, 0.3) is 0 Å². The molecule has 0 bridgehead atoms. The first-order valence-corrected chi connectivity index (χ1v) is 16.2. The summed E-state index contributed by atoms with van der Waals surface area (Å²) in [5, 5.41) is 24.4. The molecule has 0 fully saturated rings. The van der Waals surface area contributed by atoms with E-state index in [1.807, 2.05) is 26.0 Å². The van der Waals surface area contributed by atoms with Crippen LogP contribution < -0.4 is 22.1 Å². The van der Waals surface area contributed by atoms with Gasteiger partial charge in [-0.25, -0.2) is 8.78 Å². The smallest absolute Gasteiger partial charge is 0.133 e. The average molecular weight is 631 g/mol. The second-order valence-corrected chi connectivity index (χ2v) is 13.1. The highest BCUT2D eigenvalue weighted by molar-refractivity contribution is 7.17. The zero-order valence-electron chi connectivity index (χ0n) is 25.1. The van der Waals surface area contributed by atoms with E-state index in [0.29, 0.717) is 53.2 Å². The SMILES string of the molecule is CCC(C)Nc1ccc(-c2ccc(C3=C(N)C(=N)C(c4ccc(-c5ccc(NC(C)CC)cc5F)s4)=C(N)C3=N)s2)c(F)c1. The van der Waals surface area contributed by atoms with Crippen LogP contribution in [0.3, 0.4) is 0 Å².